The number of hydrazine groups is 1. The summed E-state index contributed by atoms with van der Waals surface area (Å²) >= 11 is 7.42. The van der Waals surface area contributed by atoms with Crippen molar-refractivity contribution < 1.29 is 4.74 Å². The van der Waals surface area contributed by atoms with Crippen LogP contribution in [0, 0.1) is 0 Å². The summed E-state index contributed by atoms with van der Waals surface area (Å²) in [6, 6.07) is 7.66. The number of anilines is 1. The van der Waals surface area contributed by atoms with Gasteiger partial charge < -0.3 is 4.74 Å². The van der Waals surface area contributed by atoms with Gasteiger partial charge in [0.25, 0.3) is 0 Å². The molecule has 0 aliphatic heterocycles. The quantitative estimate of drug-likeness (QED) is 0.648. The number of hydrogen-bond acceptors (Lipinski definition) is 7. The summed E-state index contributed by atoms with van der Waals surface area (Å²) < 4.78 is 5.46. The van der Waals surface area contributed by atoms with Crippen LogP contribution in [0.25, 0.3) is 0 Å². The number of nitrogens with one attached hydrogen (secondary N) is 1. The summed E-state index contributed by atoms with van der Waals surface area (Å²) in [6.45, 7) is 3.78. The Labute approximate surface area is 126 Å². The molecule has 0 amide bonds. The fourth-order valence-electron chi connectivity index (χ4n) is 1.34. The summed E-state index contributed by atoms with van der Waals surface area (Å²) in [4.78, 5) is 13.3. The number of halogens is 1. The summed E-state index contributed by atoms with van der Waals surface area (Å²) in [5.41, 5.74) is 2.39. The van der Waals surface area contributed by atoms with Gasteiger partial charge in [0.15, 0.2) is 0 Å². The van der Waals surface area contributed by atoms with Crippen molar-refractivity contribution in [3.05, 3.63) is 29.3 Å². The number of nitrogens with two attached hydrogens (primary N) is 1. The van der Waals surface area contributed by atoms with Gasteiger partial charge in [-0.3, -0.25) is 5.43 Å². The van der Waals surface area contributed by atoms with Crippen LogP contribution >= 0.6 is 23.4 Å². The highest BCUT2D eigenvalue weighted by Gasteiger charge is 2.11. The second-order valence-corrected chi connectivity index (χ2v) is 5.48. The zero-order chi connectivity index (χ0) is 14.5. The molecule has 1 aromatic carbocycles. The van der Waals surface area contributed by atoms with E-state index in [1.165, 1.54) is 11.8 Å². The highest BCUT2D eigenvalue weighted by molar-refractivity contribution is 7.99. The van der Waals surface area contributed by atoms with Crippen molar-refractivity contribution >= 4 is 29.3 Å². The maximum atomic E-state index is 6.11. The average Bonchev–Trinajstić information content (AvgIpc) is 2.40. The molecule has 8 heteroatoms. The predicted molar refractivity (Wildman–Crippen MR) is 79.0 cm³/mol. The summed E-state index contributed by atoms with van der Waals surface area (Å²) in [7, 11) is 0. The van der Waals surface area contributed by atoms with Crippen molar-refractivity contribution in [2.45, 2.75) is 30.0 Å². The lowest BCUT2D eigenvalue weighted by molar-refractivity contribution is 0.219. The lowest BCUT2D eigenvalue weighted by Crippen LogP contribution is -2.14. The molecule has 0 bridgehead atoms. The lowest BCUT2D eigenvalue weighted by atomic mass is 10.4. The number of hydrogen-bond donors (Lipinski definition) is 2. The Morgan fingerprint density at radius 2 is 2.00 bits per heavy atom. The van der Waals surface area contributed by atoms with Crippen LogP contribution in [0.5, 0.6) is 6.01 Å². The van der Waals surface area contributed by atoms with Crippen LogP contribution in [-0.4, -0.2) is 21.1 Å². The van der Waals surface area contributed by atoms with E-state index in [-0.39, 0.29) is 18.1 Å². The van der Waals surface area contributed by atoms with Crippen LogP contribution in [0.3, 0.4) is 0 Å². The first-order chi connectivity index (χ1) is 9.58. The van der Waals surface area contributed by atoms with Crippen LogP contribution in [0.15, 0.2) is 34.3 Å². The molecule has 1 aromatic heterocycles. The van der Waals surface area contributed by atoms with Gasteiger partial charge in [0.2, 0.25) is 11.1 Å². The molecule has 0 unspecified atom stereocenters. The molecule has 0 saturated heterocycles. The van der Waals surface area contributed by atoms with E-state index in [4.69, 9.17) is 22.2 Å². The standard InChI is InChI=1S/C12H14ClN5OS/c1-7(2)19-11-15-10(18-14)16-12(17-11)20-9-6-4-3-5-8(9)13/h3-7H,14H2,1-2H3,(H,15,16,17,18). The zero-order valence-electron chi connectivity index (χ0n) is 11.0. The third-order valence-electron chi connectivity index (χ3n) is 2.10. The van der Waals surface area contributed by atoms with Gasteiger partial charge in [-0.15, -0.1) is 0 Å². The molecule has 0 saturated carbocycles. The average molecular weight is 312 g/mol. The fraction of sp³-hybridized carbons (Fsp3) is 0.250. The number of ether oxygens (including phenoxy) is 1. The van der Waals surface area contributed by atoms with Crippen LogP contribution in [0.1, 0.15) is 13.8 Å². The predicted octanol–water partition coefficient (Wildman–Crippen LogP) is 2.75. The van der Waals surface area contributed by atoms with Gasteiger partial charge in [0, 0.05) is 4.90 Å². The largest absolute Gasteiger partial charge is 0.461 e. The third-order valence-corrected chi connectivity index (χ3v) is 3.49. The van der Waals surface area contributed by atoms with Crippen molar-refractivity contribution in [2.24, 2.45) is 5.84 Å². The molecule has 0 aliphatic rings. The molecule has 1 heterocycles. The molecule has 0 aliphatic carbocycles. The van der Waals surface area contributed by atoms with Crippen molar-refractivity contribution in [2.75, 3.05) is 5.43 Å². The zero-order valence-corrected chi connectivity index (χ0v) is 12.6. The normalized spacial score (nSPS) is 10.7. The minimum atomic E-state index is -0.0406. The number of rotatable bonds is 5. The van der Waals surface area contributed by atoms with Crippen molar-refractivity contribution in [1.29, 1.82) is 0 Å². The first-order valence-corrected chi connectivity index (χ1v) is 7.09. The van der Waals surface area contributed by atoms with E-state index >= 15 is 0 Å². The molecule has 0 atom stereocenters. The van der Waals surface area contributed by atoms with Gasteiger partial charge in [-0.1, -0.05) is 23.7 Å². The molecular formula is C12H14ClN5OS. The van der Waals surface area contributed by atoms with E-state index in [2.05, 4.69) is 20.4 Å². The van der Waals surface area contributed by atoms with Gasteiger partial charge in [0.05, 0.1) is 11.1 Å². The second-order valence-electron chi connectivity index (χ2n) is 4.07. The smallest absolute Gasteiger partial charge is 0.322 e. The third kappa shape index (κ3) is 3.96. The van der Waals surface area contributed by atoms with Crippen molar-refractivity contribution in [3.8, 4) is 6.01 Å². The highest BCUT2D eigenvalue weighted by atomic mass is 35.5. The van der Waals surface area contributed by atoms with E-state index in [1.54, 1.807) is 6.07 Å². The summed E-state index contributed by atoms with van der Waals surface area (Å²) in [5, 5.41) is 1.09. The van der Waals surface area contributed by atoms with Crippen LogP contribution in [0.2, 0.25) is 5.02 Å². The van der Waals surface area contributed by atoms with Crippen molar-refractivity contribution in [3.63, 3.8) is 0 Å². The fourth-order valence-corrected chi connectivity index (χ4v) is 2.35. The Hall–Kier alpha value is -1.57. The molecule has 0 fully saturated rings. The van der Waals surface area contributed by atoms with Gasteiger partial charge in [-0.2, -0.15) is 15.0 Å². The minimum Gasteiger partial charge on any atom is -0.461 e. The molecule has 106 valence electrons. The van der Waals surface area contributed by atoms with Crippen LogP contribution in [-0.2, 0) is 0 Å². The van der Waals surface area contributed by atoms with Crippen LogP contribution in [0.4, 0.5) is 5.95 Å². The van der Waals surface area contributed by atoms with Crippen LogP contribution < -0.4 is 16.0 Å². The second kappa shape index (κ2) is 6.74. The monoisotopic (exact) mass is 311 g/mol. The maximum absolute atomic E-state index is 6.11. The first kappa shape index (κ1) is 14.8. The van der Waals surface area contributed by atoms with Gasteiger partial charge in [0.1, 0.15) is 0 Å². The molecule has 20 heavy (non-hydrogen) atoms. The first-order valence-electron chi connectivity index (χ1n) is 5.90. The number of nitrogens with zero attached hydrogens (tertiary/aromatic N) is 3. The molecule has 6 nitrogen and oxygen atoms in total. The minimum absolute atomic E-state index is 0.0406. The molecule has 3 N–H and O–H groups in total. The molecule has 0 spiro atoms. The van der Waals surface area contributed by atoms with Gasteiger partial charge in [-0.05, 0) is 37.7 Å². The molecule has 2 rings (SSSR count). The number of benzene rings is 1. The Kier molecular flexibility index (Phi) is 4.99. The lowest BCUT2D eigenvalue weighted by Gasteiger charge is -2.10. The van der Waals surface area contributed by atoms with E-state index in [1.807, 2.05) is 32.0 Å². The number of aromatic nitrogens is 3. The maximum Gasteiger partial charge on any atom is 0.322 e. The molecule has 2 aromatic rings. The summed E-state index contributed by atoms with van der Waals surface area (Å²) in [5.74, 6) is 5.59. The topological polar surface area (TPSA) is 86.0 Å². The Balaban J connectivity index is 2.29. The van der Waals surface area contributed by atoms with Gasteiger partial charge >= 0.3 is 6.01 Å². The number of nitrogen functional groups attached to an aromatic ring is 1. The SMILES string of the molecule is CC(C)Oc1nc(NN)nc(Sc2ccccc2Cl)n1. The van der Waals surface area contributed by atoms with E-state index in [0.717, 1.165) is 4.90 Å². The Bertz CT molecular complexity index is 596. The van der Waals surface area contributed by atoms with E-state index in [0.29, 0.717) is 10.2 Å². The summed E-state index contributed by atoms with van der Waals surface area (Å²) in [6.07, 6.45) is -0.0406. The Morgan fingerprint density at radius 3 is 2.65 bits per heavy atom. The highest BCUT2D eigenvalue weighted by Crippen LogP contribution is 2.31. The van der Waals surface area contributed by atoms with E-state index in [9.17, 15) is 0 Å². The Morgan fingerprint density at radius 1 is 1.25 bits per heavy atom. The molecular weight excluding hydrogens is 298 g/mol. The van der Waals surface area contributed by atoms with Crippen molar-refractivity contribution in [1.82, 2.24) is 15.0 Å². The van der Waals surface area contributed by atoms with E-state index < -0.39 is 0 Å². The molecule has 0 radical (unpaired) electrons. The van der Waals surface area contributed by atoms with Gasteiger partial charge in [-0.25, -0.2) is 5.84 Å².